The molecule has 7 nitrogen and oxygen atoms in total. The number of carbonyl (C=O) groups excluding carboxylic acids is 3. The number of hydrogen-bond acceptors (Lipinski definition) is 4. The molecule has 1 unspecified atom stereocenters. The summed E-state index contributed by atoms with van der Waals surface area (Å²) in [6, 6.07) is 12.8. The zero-order valence-electron chi connectivity index (χ0n) is 17.4. The van der Waals surface area contributed by atoms with Crippen LogP contribution in [0.5, 0.6) is 0 Å². The Morgan fingerprint density at radius 3 is 2.27 bits per heavy atom. The molecular formula is C22H26ClN3O4. The van der Waals surface area contributed by atoms with Gasteiger partial charge in [0.2, 0.25) is 5.91 Å². The van der Waals surface area contributed by atoms with Crippen LogP contribution in [0.15, 0.2) is 48.5 Å². The van der Waals surface area contributed by atoms with E-state index in [4.69, 9.17) is 16.3 Å². The molecule has 30 heavy (non-hydrogen) atoms. The van der Waals surface area contributed by atoms with Crippen molar-refractivity contribution in [2.75, 3.05) is 10.6 Å². The van der Waals surface area contributed by atoms with E-state index in [9.17, 15) is 14.4 Å². The Bertz CT molecular complexity index is 910. The van der Waals surface area contributed by atoms with Crippen LogP contribution in [0.25, 0.3) is 0 Å². The SMILES string of the molecule is CCC(NC(=O)OC(C)(C)C)C(=O)Nc1cccc(Cl)c1C(=O)Nc1ccccc1. The summed E-state index contributed by atoms with van der Waals surface area (Å²) < 4.78 is 5.20. The molecule has 1 atom stereocenters. The average molecular weight is 432 g/mol. The number of halogens is 1. The maximum atomic E-state index is 12.8. The number of carbonyl (C=O) groups is 3. The molecule has 0 bridgehead atoms. The molecule has 0 fully saturated rings. The van der Waals surface area contributed by atoms with E-state index in [0.29, 0.717) is 12.1 Å². The largest absolute Gasteiger partial charge is 0.444 e. The van der Waals surface area contributed by atoms with Crippen LogP contribution in [-0.4, -0.2) is 29.6 Å². The second-order valence-electron chi connectivity index (χ2n) is 7.58. The lowest BCUT2D eigenvalue weighted by Crippen LogP contribution is -2.45. The van der Waals surface area contributed by atoms with Gasteiger partial charge in [-0.3, -0.25) is 9.59 Å². The van der Waals surface area contributed by atoms with E-state index in [-0.39, 0.29) is 16.3 Å². The highest BCUT2D eigenvalue weighted by Crippen LogP contribution is 2.26. The first kappa shape index (κ1) is 23.2. The standard InChI is InChI=1S/C22H26ClN3O4/c1-5-16(26-21(29)30-22(2,3)4)19(27)25-17-13-9-12-15(23)18(17)20(28)24-14-10-7-6-8-11-14/h6-13,16H,5H2,1-4H3,(H,24,28)(H,25,27)(H,26,29). The van der Waals surface area contributed by atoms with Crippen molar-refractivity contribution < 1.29 is 19.1 Å². The number of ether oxygens (including phenoxy) is 1. The molecule has 0 saturated heterocycles. The van der Waals surface area contributed by atoms with E-state index in [1.807, 2.05) is 6.07 Å². The minimum Gasteiger partial charge on any atom is -0.444 e. The van der Waals surface area contributed by atoms with E-state index in [1.54, 1.807) is 70.2 Å². The fourth-order valence-electron chi connectivity index (χ4n) is 2.60. The van der Waals surface area contributed by atoms with Gasteiger partial charge in [-0.1, -0.05) is 42.8 Å². The molecule has 0 aliphatic rings. The Kier molecular flexibility index (Phi) is 7.83. The topological polar surface area (TPSA) is 96.5 Å². The summed E-state index contributed by atoms with van der Waals surface area (Å²) in [7, 11) is 0. The van der Waals surface area contributed by atoms with Gasteiger partial charge >= 0.3 is 6.09 Å². The van der Waals surface area contributed by atoms with Crippen LogP contribution in [0.3, 0.4) is 0 Å². The molecule has 0 aliphatic carbocycles. The molecule has 160 valence electrons. The zero-order chi connectivity index (χ0) is 22.3. The molecule has 2 aromatic rings. The summed E-state index contributed by atoms with van der Waals surface area (Å²) in [5.41, 5.74) is 0.278. The maximum Gasteiger partial charge on any atom is 0.408 e. The van der Waals surface area contributed by atoms with Gasteiger partial charge in [-0.15, -0.1) is 0 Å². The zero-order valence-corrected chi connectivity index (χ0v) is 18.2. The van der Waals surface area contributed by atoms with Crippen LogP contribution in [0.2, 0.25) is 5.02 Å². The predicted octanol–water partition coefficient (Wildman–Crippen LogP) is 4.83. The summed E-state index contributed by atoms with van der Waals surface area (Å²) in [6.07, 6.45) is -0.366. The van der Waals surface area contributed by atoms with Crippen LogP contribution >= 0.6 is 11.6 Å². The number of anilines is 2. The second kappa shape index (κ2) is 10.1. The van der Waals surface area contributed by atoms with Crippen molar-refractivity contribution in [3.8, 4) is 0 Å². The molecule has 0 heterocycles. The Labute approximate surface area is 181 Å². The van der Waals surface area contributed by atoms with Gasteiger partial charge in [-0.2, -0.15) is 0 Å². The van der Waals surface area contributed by atoms with Crippen molar-refractivity contribution in [3.63, 3.8) is 0 Å². The van der Waals surface area contributed by atoms with Gasteiger partial charge < -0.3 is 20.7 Å². The Morgan fingerprint density at radius 1 is 1.00 bits per heavy atom. The number of alkyl carbamates (subject to hydrolysis) is 1. The third kappa shape index (κ3) is 6.77. The van der Waals surface area contributed by atoms with Crippen molar-refractivity contribution >= 4 is 40.9 Å². The van der Waals surface area contributed by atoms with E-state index in [2.05, 4.69) is 16.0 Å². The number of para-hydroxylation sites is 1. The Hall–Kier alpha value is -3.06. The quantitative estimate of drug-likeness (QED) is 0.610. The molecule has 2 rings (SSSR count). The molecule has 0 spiro atoms. The fraction of sp³-hybridized carbons (Fsp3) is 0.318. The summed E-state index contributed by atoms with van der Waals surface area (Å²) in [5, 5.41) is 8.16. The number of rotatable bonds is 6. The van der Waals surface area contributed by atoms with Crippen LogP contribution in [0.1, 0.15) is 44.5 Å². The van der Waals surface area contributed by atoms with E-state index >= 15 is 0 Å². The summed E-state index contributed by atoms with van der Waals surface area (Å²) in [6.45, 7) is 6.95. The molecule has 0 radical (unpaired) electrons. The minimum absolute atomic E-state index is 0.128. The first-order chi connectivity index (χ1) is 14.1. The van der Waals surface area contributed by atoms with Crippen LogP contribution in [0, 0.1) is 0 Å². The van der Waals surface area contributed by atoms with Gasteiger partial charge in [0.05, 0.1) is 16.3 Å². The molecule has 8 heteroatoms. The molecule has 3 amide bonds. The average Bonchev–Trinajstić information content (AvgIpc) is 2.65. The number of nitrogens with one attached hydrogen (secondary N) is 3. The molecule has 0 aliphatic heterocycles. The third-order valence-corrected chi connectivity index (χ3v) is 4.26. The van der Waals surface area contributed by atoms with Crippen LogP contribution in [0.4, 0.5) is 16.2 Å². The van der Waals surface area contributed by atoms with Gasteiger partial charge in [0.1, 0.15) is 11.6 Å². The monoisotopic (exact) mass is 431 g/mol. The van der Waals surface area contributed by atoms with Crippen molar-refractivity contribution in [1.29, 1.82) is 0 Å². The number of amides is 3. The first-order valence-corrected chi connectivity index (χ1v) is 9.93. The smallest absolute Gasteiger partial charge is 0.408 e. The van der Waals surface area contributed by atoms with Crippen molar-refractivity contribution in [1.82, 2.24) is 5.32 Å². The van der Waals surface area contributed by atoms with Crippen LogP contribution < -0.4 is 16.0 Å². The molecule has 0 saturated carbocycles. The normalized spacial score (nSPS) is 11.9. The predicted molar refractivity (Wildman–Crippen MR) is 118 cm³/mol. The number of benzene rings is 2. The maximum absolute atomic E-state index is 12.8. The molecule has 3 N–H and O–H groups in total. The molecular weight excluding hydrogens is 406 g/mol. The van der Waals surface area contributed by atoms with Crippen molar-refractivity contribution in [2.24, 2.45) is 0 Å². The summed E-state index contributed by atoms with van der Waals surface area (Å²) in [5.74, 6) is -0.949. The van der Waals surface area contributed by atoms with Gasteiger partial charge in [0.15, 0.2) is 0 Å². The first-order valence-electron chi connectivity index (χ1n) is 9.56. The Balaban J connectivity index is 2.17. The van der Waals surface area contributed by atoms with Gasteiger partial charge in [-0.05, 0) is 51.5 Å². The van der Waals surface area contributed by atoms with Gasteiger partial charge in [-0.25, -0.2) is 4.79 Å². The van der Waals surface area contributed by atoms with Crippen molar-refractivity contribution in [3.05, 3.63) is 59.1 Å². The highest BCUT2D eigenvalue weighted by Gasteiger charge is 2.25. The molecule has 2 aromatic carbocycles. The van der Waals surface area contributed by atoms with Crippen molar-refractivity contribution in [2.45, 2.75) is 45.8 Å². The summed E-state index contributed by atoms with van der Waals surface area (Å²) >= 11 is 6.24. The highest BCUT2D eigenvalue weighted by atomic mass is 35.5. The lowest BCUT2D eigenvalue weighted by atomic mass is 10.1. The summed E-state index contributed by atoms with van der Waals surface area (Å²) in [4.78, 5) is 37.5. The van der Waals surface area contributed by atoms with E-state index < -0.39 is 29.6 Å². The second-order valence-corrected chi connectivity index (χ2v) is 7.99. The minimum atomic E-state index is -0.844. The Morgan fingerprint density at radius 2 is 1.67 bits per heavy atom. The van der Waals surface area contributed by atoms with E-state index in [0.717, 1.165) is 0 Å². The lowest BCUT2D eigenvalue weighted by molar-refractivity contribution is -0.118. The fourth-order valence-corrected chi connectivity index (χ4v) is 2.86. The van der Waals surface area contributed by atoms with Gasteiger partial charge in [0.25, 0.3) is 5.91 Å². The van der Waals surface area contributed by atoms with Gasteiger partial charge in [0, 0.05) is 5.69 Å². The third-order valence-electron chi connectivity index (χ3n) is 3.95. The lowest BCUT2D eigenvalue weighted by Gasteiger charge is -2.23. The van der Waals surface area contributed by atoms with E-state index in [1.165, 1.54) is 0 Å². The highest BCUT2D eigenvalue weighted by molar-refractivity contribution is 6.35. The van der Waals surface area contributed by atoms with Crippen LogP contribution in [-0.2, 0) is 9.53 Å². The molecule has 0 aromatic heterocycles. The number of hydrogen-bond donors (Lipinski definition) is 3.